The average Bonchev–Trinajstić information content (AvgIpc) is 3.03. The highest BCUT2D eigenvalue weighted by Crippen LogP contribution is 2.30. The van der Waals surface area contributed by atoms with Crippen molar-refractivity contribution in [3.8, 4) is 11.3 Å². The van der Waals surface area contributed by atoms with Gasteiger partial charge in [0.1, 0.15) is 5.76 Å². The van der Waals surface area contributed by atoms with Crippen molar-refractivity contribution in [3.05, 3.63) is 77.6 Å². The van der Waals surface area contributed by atoms with E-state index in [2.05, 4.69) is 5.32 Å². The van der Waals surface area contributed by atoms with Gasteiger partial charge in [0.25, 0.3) is 5.91 Å². The van der Waals surface area contributed by atoms with Gasteiger partial charge in [-0.2, -0.15) is 0 Å². The molecule has 0 aliphatic heterocycles. The Bertz CT molecular complexity index is 804. The van der Waals surface area contributed by atoms with E-state index in [1.54, 1.807) is 6.26 Å². The van der Waals surface area contributed by atoms with Gasteiger partial charge in [-0.15, -0.1) is 0 Å². The average molecular weight is 291 g/mol. The Kier molecular flexibility index (Phi) is 3.79. The second kappa shape index (κ2) is 5.90. The summed E-state index contributed by atoms with van der Waals surface area (Å²) in [7, 11) is 0. The van der Waals surface area contributed by atoms with Crippen LogP contribution in [0.5, 0.6) is 0 Å². The maximum atomic E-state index is 12.5. The summed E-state index contributed by atoms with van der Waals surface area (Å²) in [4.78, 5) is 12.5. The van der Waals surface area contributed by atoms with Crippen LogP contribution in [0.1, 0.15) is 21.5 Å². The van der Waals surface area contributed by atoms with Crippen molar-refractivity contribution < 1.29 is 9.21 Å². The minimum atomic E-state index is -0.116. The topological polar surface area (TPSA) is 42.2 Å². The van der Waals surface area contributed by atoms with Crippen LogP contribution in [-0.4, -0.2) is 5.91 Å². The Labute approximate surface area is 129 Å². The normalized spacial score (nSPS) is 10.5. The fourth-order valence-electron chi connectivity index (χ4n) is 2.42. The summed E-state index contributed by atoms with van der Waals surface area (Å²) in [6.45, 7) is 3.94. The van der Waals surface area contributed by atoms with Crippen molar-refractivity contribution in [3.63, 3.8) is 0 Å². The summed E-state index contributed by atoms with van der Waals surface area (Å²) >= 11 is 0. The summed E-state index contributed by atoms with van der Waals surface area (Å²) < 4.78 is 5.47. The van der Waals surface area contributed by atoms with Gasteiger partial charge in [0.05, 0.1) is 12.0 Å². The number of rotatable bonds is 3. The number of furan rings is 1. The predicted molar refractivity (Wildman–Crippen MR) is 88.0 cm³/mol. The van der Waals surface area contributed by atoms with Crippen LogP contribution in [0.2, 0.25) is 0 Å². The molecule has 0 aliphatic carbocycles. The minimum Gasteiger partial charge on any atom is -0.464 e. The summed E-state index contributed by atoms with van der Waals surface area (Å²) in [6.07, 6.45) is 1.63. The Morgan fingerprint density at radius 1 is 1.00 bits per heavy atom. The van der Waals surface area contributed by atoms with Gasteiger partial charge in [0, 0.05) is 11.1 Å². The molecule has 1 heterocycles. The third kappa shape index (κ3) is 2.79. The molecule has 0 saturated heterocycles. The molecule has 0 radical (unpaired) electrons. The Morgan fingerprint density at radius 2 is 1.82 bits per heavy atom. The van der Waals surface area contributed by atoms with E-state index >= 15 is 0 Å². The molecule has 0 bridgehead atoms. The number of hydrogen-bond donors (Lipinski definition) is 1. The molecule has 0 aliphatic rings. The lowest BCUT2D eigenvalue weighted by Crippen LogP contribution is -2.14. The van der Waals surface area contributed by atoms with E-state index in [1.165, 1.54) is 0 Å². The van der Waals surface area contributed by atoms with Gasteiger partial charge in [-0.1, -0.05) is 29.8 Å². The first kappa shape index (κ1) is 14.1. The van der Waals surface area contributed by atoms with Crippen LogP contribution in [-0.2, 0) is 0 Å². The monoisotopic (exact) mass is 291 g/mol. The number of nitrogens with one attached hydrogen (secondary N) is 1. The Balaban J connectivity index is 1.96. The second-order valence-electron chi connectivity index (χ2n) is 5.30. The molecule has 0 atom stereocenters. The first-order chi connectivity index (χ1) is 10.6. The van der Waals surface area contributed by atoms with E-state index in [-0.39, 0.29) is 5.91 Å². The zero-order chi connectivity index (χ0) is 15.5. The molecular weight excluding hydrogens is 274 g/mol. The molecular formula is C19H17NO2. The van der Waals surface area contributed by atoms with Crippen LogP contribution in [0.15, 0.2) is 65.3 Å². The van der Waals surface area contributed by atoms with Crippen LogP contribution in [0.4, 0.5) is 5.69 Å². The lowest BCUT2D eigenvalue weighted by Gasteiger charge is -2.12. The van der Waals surface area contributed by atoms with E-state index in [1.807, 2.05) is 68.4 Å². The fourth-order valence-corrected chi connectivity index (χ4v) is 2.42. The number of aryl methyl sites for hydroxylation is 2. The number of amides is 1. The van der Waals surface area contributed by atoms with Gasteiger partial charge < -0.3 is 9.73 Å². The van der Waals surface area contributed by atoms with Crippen molar-refractivity contribution in [2.24, 2.45) is 0 Å². The molecule has 110 valence electrons. The third-order valence-corrected chi connectivity index (χ3v) is 3.60. The summed E-state index contributed by atoms with van der Waals surface area (Å²) in [5.41, 5.74) is 4.36. The van der Waals surface area contributed by atoms with Crippen LogP contribution in [0.25, 0.3) is 11.3 Å². The first-order valence-electron chi connectivity index (χ1n) is 7.16. The quantitative estimate of drug-likeness (QED) is 0.752. The van der Waals surface area contributed by atoms with E-state index in [0.29, 0.717) is 5.56 Å². The van der Waals surface area contributed by atoms with Crippen molar-refractivity contribution in [2.45, 2.75) is 13.8 Å². The lowest BCUT2D eigenvalue weighted by atomic mass is 10.1. The van der Waals surface area contributed by atoms with Crippen LogP contribution in [0, 0.1) is 13.8 Å². The predicted octanol–water partition coefficient (Wildman–Crippen LogP) is 4.82. The molecule has 3 rings (SSSR count). The molecule has 3 nitrogen and oxygen atoms in total. The molecule has 2 aromatic carbocycles. The molecule has 22 heavy (non-hydrogen) atoms. The highest BCUT2D eigenvalue weighted by molar-refractivity contribution is 6.07. The number of anilines is 1. The standard InChI is InChI=1S/C19H17NO2/c1-13-9-10-17(16(12-13)18-8-5-11-22-18)20-19(21)15-7-4-3-6-14(15)2/h3-12H,1-2H3,(H,20,21). The second-order valence-corrected chi connectivity index (χ2v) is 5.30. The minimum absolute atomic E-state index is 0.116. The molecule has 0 spiro atoms. The number of carbonyl (C=O) groups is 1. The SMILES string of the molecule is Cc1ccc(NC(=O)c2ccccc2C)c(-c2ccco2)c1. The summed E-state index contributed by atoms with van der Waals surface area (Å²) in [6, 6.07) is 17.2. The molecule has 1 N–H and O–H groups in total. The Morgan fingerprint density at radius 3 is 2.55 bits per heavy atom. The van der Waals surface area contributed by atoms with Crippen LogP contribution in [0.3, 0.4) is 0 Å². The zero-order valence-corrected chi connectivity index (χ0v) is 12.6. The van der Waals surface area contributed by atoms with Crippen LogP contribution >= 0.6 is 0 Å². The van der Waals surface area contributed by atoms with Gasteiger partial charge in [0.15, 0.2) is 0 Å². The van der Waals surface area contributed by atoms with Gasteiger partial charge >= 0.3 is 0 Å². The number of benzene rings is 2. The first-order valence-corrected chi connectivity index (χ1v) is 7.16. The summed E-state index contributed by atoms with van der Waals surface area (Å²) in [5, 5.41) is 2.98. The molecule has 0 fully saturated rings. The van der Waals surface area contributed by atoms with Crippen molar-refractivity contribution in [1.82, 2.24) is 0 Å². The fraction of sp³-hybridized carbons (Fsp3) is 0.105. The van der Waals surface area contributed by atoms with Crippen molar-refractivity contribution >= 4 is 11.6 Å². The number of hydrogen-bond acceptors (Lipinski definition) is 2. The highest BCUT2D eigenvalue weighted by Gasteiger charge is 2.13. The molecule has 0 saturated carbocycles. The third-order valence-electron chi connectivity index (χ3n) is 3.60. The van der Waals surface area contributed by atoms with Crippen LogP contribution < -0.4 is 5.32 Å². The van der Waals surface area contributed by atoms with Gasteiger partial charge in [-0.05, 0) is 49.7 Å². The molecule has 0 unspecified atom stereocenters. The van der Waals surface area contributed by atoms with Gasteiger partial charge in [0.2, 0.25) is 0 Å². The van der Waals surface area contributed by atoms with E-state index in [4.69, 9.17) is 4.42 Å². The molecule has 3 heteroatoms. The van der Waals surface area contributed by atoms with E-state index < -0.39 is 0 Å². The Hall–Kier alpha value is -2.81. The smallest absolute Gasteiger partial charge is 0.255 e. The maximum absolute atomic E-state index is 12.5. The molecule has 3 aromatic rings. The maximum Gasteiger partial charge on any atom is 0.255 e. The molecule has 1 aromatic heterocycles. The largest absolute Gasteiger partial charge is 0.464 e. The highest BCUT2D eigenvalue weighted by atomic mass is 16.3. The van der Waals surface area contributed by atoms with Crippen molar-refractivity contribution in [2.75, 3.05) is 5.32 Å². The van der Waals surface area contributed by atoms with E-state index in [9.17, 15) is 4.79 Å². The van der Waals surface area contributed by atoms with Gasteiger partial charge in [-0.3, -0.25) is 4.79 Å². The molecule has 1 amide bonds. The summed E-state index contributed by atoms with van der Waals surface area (Å²) in [5.74, 6) is 0.624. The van der Waals surface area contributed by atoms with E-state index in [0.717, 1.165) is 28.1 Å². The lowest BCUT2D eigenvalue weighted by molar-refractivity contribution is 0.102. The van der Waals surface area contributed by atoms with Crippen molar-refractivity contribution in [1.29, 1.82) is 0 Å². The number of carbonyl (C=O) groups excluding carboxylic acids is 1. The van der Waals surface area contributed by atoms with Gasteiger partial charge in [-0.25, -0.2) is 0 Å². The zero-order valence-electron chi connectivity index (χ0n) is 12.6.